The van der Waals surface area contributed by atoms with Crippen molar-refractivity contribution in [1.82, 2.24) is 5.32 Å². The molecular formula is C13H14F2N2O. The highest BCUT2D eigenvalue weighted by atomic mass is 19.2. The molecule has 0 spiro atoms. The maximum Gasteiger partial charge on any atom is 0.238 e. The third kappa shape index (κ3) is 3.54. The van der Waals surface area contributed by atoms with Gasteiger partial charge in [0.1, 0.15) is 0 Å². The van der Waals surface area contributed by atoms with Crippen molar-refractivity contribution in [2.45, 2.75) is 25.4 Å². The molecule has 0 aliphatic rings. The number of rotatable bonds is 4. The Bertz CT molecular complexity index is 482. The molecular weight excluding hydrogens is 238 g/mol. The van der Waals surface area contributed by atoms with Gasteiger partial charge in [0.05, 0.1) is 12.1 Å². The second-order valence-electron chi connectivity index (χ2n) is 3.92. The van der Waals surface area contributed by atoms with Gasteiger partial charge >= 0.3 is 0 Å². The van der Waals surface area contributed by atoms with E-state index in [0.717, 1.165) is 12.1 Å². The summed E-state index contributed by atoms with van der Waals surface area (Å²) in [6.07, 6.45) is 5.17. The van der Waals surface area contributed by atoms with Gasteiger partial charge in [0.25, 0.3) is 0 Å². The molecule has 18 heavy (non-hydrogen) atoms. The molecule has 0 aromatic heterocycles. The Morgan fingerprint density at radius 1 is 1.50 bits per heavy atom. The first-order valence-electron chi connectivity index (χ1n) is 5.40. The predicted octanol–water partition coefficient (Wildman–Crippen LogP) is 1.49. The van der Waals surface area contributed by atoms with E-state index in [4.69, 9.17) is 12.2 Å². The van der Waals surface area contributed by atoms with E-state index in [0.29, 0.717) is 5.56 Å². The molecule has 0 aliphatic heterocycles. The summed E-state index contributed by atoms with van der Waals surface area (Å²) in [5.41, 5.74) is 5.97. The number of carbonyl (C=O) groups is 1. The van der Waals surface area contributed by atoms with Gasteiger partial charge < -0.3 is 11.1 Å². The van der Waals surface area contributed by atoms with Crippen LogP contribution in [0.1, 0.15) is 24.9 Å². The molecule has 0 aliphatic carbocycles. The van der Waals surface area contributed by atoms with Crippen molar-refractivity contribution in [3.05, 3.63) is 35.4 Å². The molecule has 1 rings (SSSR count). The number of nitrogens with one attached hydrogen (secondary N) is 1. The second kappa shape index (κ2) is 6.12. The maximum atomic E-state index is 13.0. The van der Waals surface area contributed by atoms with Crippen LogP contribution in [0.25, 0.3) is 0 Å². The van der Waals surface area contributed by atoms with E-state index in [1.54, 1.807) is 6.92 Å². The first kappa shape index (κ1) is 14.1. The third-order valence-electron chi connectivity index (χ3n) is 2.48. The lowest BCUT2D eigenvalue weighted by Crippen LogP contribution is -2.41. The summed E-state index contributed by atoms with van der Waals surface area (Å²) in [6, 6.07) is 2.16. The SMILES string of the molecule is C#CCC(N)C(=O)NC(C)c1ccc(F)c(F)c1. The number of amides is 1. The van der Waals surface area contributed by atoms with Crippen molar-refractivity contribution >= 4 is 5.91 Å². The maximum absolute atomic E-state index is 13.0. The molecule has 0 heterocycles. The molecule has 2 atom stereocenters. The molecule has 1 amide bonds. The summed E-state index contributed by atoms with van der Waals surface area (Å²) in [5.74, 6) is -0.0295. The van der Waals surface area contributed by atoms with Crippen LogP contribution in [-0.2, 0) is 4.79 Å². The van der Waals surface area contributed by atoms with Gasteiger partial charge in [-0.15, -0.1) is 12.3 Å². The summed E-state index contributed by atoms with van der Waals surface area (Å²) in [6.45, 7) is 1.65. The zero-order valence-corrected chi connectivity index (χ0v) is 9.91. The van der Waals surface area contributed by atoms with Crippen LogP contribution in [0.3, 0.4) is 0 Å². The molecule has 96 valence electrons. The molecule has 2 unspecified atom stereocenters. The highest BCUT2D eigenvalue weighted by molar-refractivity contribution is 5.82. The molecule has 0 saturated heterocycles. The minimum absolute atomic E-state index is 0.121. The lowest BCUT2D eigenvalue weighted by Gasteiger charge is -2.17. The standard InChI is InChI=1S/C13H14F2N2O/c1-3-4-12(16)13(18)17-8(2)9-5-6-10(14)11(15)7-9/h1,5-8,12H,4,16H2,2H3,(H,17,18). The second-order valence-corrected chi connectivity index (χ2v) is 3.92. The highest BCUT2D eigenvalue weighted by Gasteiger charge is 2.16. The molecule has 1 aromatic carbocycles. The van der Waals surface area contributed by atoms with Crippen molar-refractivity contribution in [2.24, 2.45) is 5.73 Å². The van der Waals surface area contributed by atoms with E-state index in [9.17, 15) is 13.6 Å². The van der Waals surface area contributed by atoms with Crippen LogP contribution in [0.15, 0.2) is 18.2 Å². The van der Waals surface area contributed by atoms with Crippen molar-refractivity contribution in [1.29, 1.82) is 0 Å². The lowest BCUT2D eigenvalue weighted by atomic mass is 10.1. The molecule has 3 nitrogen and oxygen atoms in total. The van der Waals surface area contributed by atoms with Crippen molar-refractivity contribution in [3.63, 3.8) is 0 Å². The monoisotopic (exact) mass is 252 g/mol. The molecule has 5 heteroatoms. The Labute approximate surface area is 104 Å². The largest absolute Gasteiger partial charge is 0.348 e. The Balaban J connectivity index is 2.70. The summed E-state index contributed by atoms with van der Waals surface area (Å²) < 4.78 is 25.8. The van der Waals surface area contributed by atoms with Gasteiger partial charge in [0.2, 0.25) is 5.91 Å². The van der Waals surface area contributed by atoms with Crippen LogP contribution < -0.4 is 11.1 Å². The topological polar surface area (TPSA) is 55.1 Å². The highest BCUT2D eigenvalue weighted by Crippen LogP contribution is 2.15. The number of hydrogen-bond acceptors (Lipinski definition) is 2. The molecule has 0 radical (unpaired) electrons. The number of hydrogen-bond donors (Lipinski definition) is 2. The van der Waals surface area contributed by atoms with Crippen LogP contribution in [-0.4, -0.2) is 11.9 Å². The van der Waals surface area contributed by atoms with Gasteiger partial charge in [-0.05, 0) is 24.6 Å². The van der Waals surface area contributed by atoms with Gasteiger partial charge in [-0.3, -0.25) is 4.79 Å². The first-order chi connectivity index (χ1) is 8.45. The van der Waals surface area contributed by atoms with Crippen LogP contribution in [0, 0.1) is 24.0 Å². The van der Waals surface area contributed by atoms with Crippen molar-refractivity contribution < 1.29 is 13.6 Å². The summed E-state index contributed by atoms with van der Waals surface area (Å²) >= 11 is 0. The first-order valence-corrected chi connectivity index (χ1v) is 5.40. The number of carbonyl (C=O) groups excluding carboxylic acids is 1. The van der Waals surface area contributed by atoms with Crippen molar-refractivity contribution in [3.8, 4) is 12.3 Å². The molecule has 0 fully saturated rings. The average Bonchev–Trinajstić information content (AvgIpc) is 2.32. The smallest absolute Gasteiger partial charge is 0.238 e. The molecule has 0 bridgehead atoms. The summed E-state index contributed by atoms with van der Waals surface area (Å²) in [7, 11) is 0. The fourth-order valence-electron chi connectivity index (χ4n) is 1.41. The quantitative estimate of drug-likeness (QED) is 0.798. The van der Waals surface area contributed by atoms with E-state index in [1.807, 2.05) is 0 Å². The number of terminal acetylenes is 1. The average molecular weight is 252 g/mol. The van der Waals surface area contributed by atoms with Gasteiger partial charge in [0, 0.05) is 6.42 Å². The van der Waals surface area contributed by atoms with Gasteiger partial charge in [-0.2, -0.15) is 0 Å². The van der Waals surface area contributed by atoms with Crippen LogP contribution in [0.4, 0.5) is 8.78 Å². The van der Waals surface area contributed by atoms with E-state index < -0.39 is 29.6 Å². The van der Waals surface area contributed by atoms with E-state index in [2.05, 4.69) is 11.2 Å². The van der Waals surface area contributed by atoms with Gasteiger partial charge in [-0.25, -0.2) is 8.78 Å². The number of benzene rings is 1. The van der Waals surface area contributed by atoms with Crippen molar-refractivity contribution in [2.75, 3.05) is 0 Å². The molecule has 3 N–H and O–H groups in total. The van der Waals surface area contributed by atoms with E-state index in [1.165, 1.54) is 6.07 Å². The Hall–Kier alpha value is -1.93. The third-order valence-corrected chi connectivity index (χ3v) is 2.48. The zero-order valence-electron chi connectivity index (χ0n) is 9.91. The Morgan fingerprint density at radius 3 is 2.72 bits per heavy atom. The molecule has 1 aromatic rings. The summed E-state index contributed by atoms with van der Waals surface area (Å²) in [4.78, 5) is 11.6. The number of nitrogens with two attached hydrogens (primary N) is 1. The van der Waals surface area contributed by atoms with Crippen LogP contribution >= 0.6 is 0 Å². The predicted molar refractivity (Wildman–Crippen MR) is 64.3 cm³/mol. The fraction of sp³-hybridized carbons (Fsp3) is 0.308. The minimum Gasteiger partial charge on any atom is -0.348 e. The lowest BCUT2D eigenvalue weighted by molar-refractivity contribution is -0.122. The Kier molecular flexibility index (Phi) is 4.81. The minimum atomic E-state index is -0.957. The Morgan fingerprint density at radius 2 is 2.17 bits per heavy atom. The van der Waals surface area contributed by atoms with Gasteiger partial charge in [-0.1, -0.05) is 6.07 Å². The molecule has 0 saturated carbocycles. The van der Waals surface area contributed by atoms with Gasteiger partial charge in [0.15, 0.2) is 11.6 Å². The van der Waals surface area contributed by atoms with Crippen LogP contribution in [0.5, 0.6) is 0 Å². The number of halogens is 2. The normalized spacial score (nSPS) is 13.5. The zero-order chi connectivity index (χ0) is 13.7. The van der Waals surface area contributed by atoms with E-state index >= 15 is 0 Å². The van der Waals surface area contributed by atoms with Crippen LogP contribution in [0.2, 0.25) is 0 Å². The van der Waals surface area contributed by atoms with E-state index in [-0.39, 0.29) is 6.42 Å². The summed E-state index contributed by atoms with van der Waals surface area (Å²) in [5, 5.41) is 2.58. The fourth-order valence-corrected chi connectivity index (χ4v) is 1.41.